The molecule has 5 aromatic carbocycles. The molecular formula is C52H51F2N3O2. The smallest absolute Gasteiger partial charge is 0.238 e. The lowest BCUT2D eigenvalue weighted by atomic mass is 9.82. The Morgan fingerprint density at radius 1 is 0.797 bits per heavy atom. The molecule has 0 spiro atoms. The summed E-state index contributed by atoms with van der Waals surface area (Å²) < 4.78 is 30.8. The molecule has 3 aliphatic rings. The molecule has 300 valence electrons. The number of nitrogens with one attached hydrogen (secondary N) is 1. The number of fused-ring (bicyclic) bond motifs is 5. The van der Waals surface area contributed by atoms with Gasteiger partial charge in [-0.2, -0.15) is 0 Å². The molecule has 0 amide bonds. The molecule has 2 heterocycles. The Balaban J connectivity index is 1.06. The van der Waals surface area contributed by atoms with Crippen molar-refractivity contribution in [2.75, 3.05) is 25.6 Å². The van der Waals surface area contributed by atoms with Gasteiger partial charge in [-0.15, -0.1) is 0 Å². The molecule has 59 heavy (non-hydrogen) atoms. The molecule has 7 heteroatoms. The normalized spacial score (nSPS) is 16.2. The number of nitrogens with zero attached hydrogens (tertiary/aromatic N) is 2. The average molecular weight is 788 g/mol. The number of para-hydroxylation sites is 1. The Kier molecular flexibility index (Phi) is 11.0. The third-order valence-electron chi connectivity index (χ3n) is 12.2. The average Bonchev–Trinajstić information content (AvgIpc) is 3.92. The molecule has 6 aromatic rings. The van der Waals surface area contributed by atoms with E-state index in [1.54, 1.807) is 0 Å². The van der Waals surface area contributed by atoms with Crippen molar-refractivity contribution in [3.05, 3.63) is 125 Å². The maximum Gasteiger partial charge on any atom is 0.238 e. The molecule has 0 bridgehead atoms. The molecule has 2 aliphatic carbocycles. The van der Waals surface area contributed by atoms with Crippen LogP contribution in [0.25, 0.3) is 56.1 Å². The summed E-state index contributed by atoms with van der Waals surface area (Å²) in [7, 11) is 4.21. The fraction of sp³-hybridized carbons (Fsp3) is 0.308. The second-order valence-electron chi connectivity index (χ2n) is 16.6. The molecule has 1 fully saturated rings. The SMILES string of the molecule is CN(C)c1c(-c2ccc(=C3c4cc(-c5ccc(OCCCCCCCCCC(F)F)cc5)ccc4N=CC3C(=O)C3CC3)c3c2-c2ccccc2C=3)[nH]c2ccccc12. The zero-order valence-corrected chi connectivity index (χ0v) is 33.9. The molecule has 1 aromatic heterocycles. The van der Waals surface area contributed by atoms with Crippen LogP contribution in [0.15, 0.2) is 108 Å². The Labute approximate surface area is 345 Å². The molecule has 5 nitrogen and oxygen atoms in total. The molecule has 1 atom stereocenters. The summed E-state index contributed by atoms with van der Waals surface area (Å²) in [5.41, 5.74) is 13.0. The summed E-state index contributed by atoms with van der Waals surface area (Å²) in [4.78, 5) is 25.1. The van der Waals surface area contributed by atoms with Crippen LogP contribution >= 0.6 is 0 Å². The maximum atomic E-state index is 14.2. The lowest BCUT2D eigenvalue weighted by molar-refractivity contribution is -0.120. The number of hydrogen-bond acceptors (Lipinski definition) is 4. The maximum absolute atomic E-state index is 14.2. The Hall–Kier alpha value is -5.82. The number of carbonyl (C=O) groups is 1. The minimum absolute atomic E-state index is 0.0193. The molecule has 0 radical (unpaired) electrons. The highest BCUT2D eigenvalue weighted by molar-refractivity contribution is 6.12. The lowest BCUT2D eigenvalue weighted by Crippen LogP contribution is -2.34. The number of H-pyrrole nitrogens is 1. The van der Waals surface area contributed by atoms with Crippen LogP contribution in [-0.4, -0.2) is 44.1 Å². The van der Waals surface area contributed by atoms with E-state index in [4.69, 9.17) is 9.73 Å². The standard InChI is InChI=1S/C52H51F2N3O2/c1-57(2)51-40-16-11-12-17-46(40)56-50(51)41-27-26-39(42-31-36-14-9-10-15-38(36)48(41)42)49-43-30-35(23-28-45(43)55-32-44(49)52(58)34-19-20-34)33-21-24-37(25-22-33)59-29-13-7-5-3-4-6-8-18-47(53)54/h9-12,14-17,21-28,30-32,34,44,47,56H,3-8,13,18-20,29H2,1-2H3. The molecule has 9 rings (SSSR count). The van der Waals surface area contributed by atoms with E-state index in [0.29, 0.717) is 13.0 Å². The zero-order valence-electron chi connectivity index (χ0n) is 33.9. The van der Waals surface area contributed by atoms with E-state index in [9.17, 15) is 13.6 Å². The summed E-state index contributed by atoms with van der Waals surface area (Å²) in [6.07, 6.45) is 10.7. The molecule has 1 N–H and O–H groups in total. The number of Topliss-reactive ketones (excluding diaryl/α,β-unsaturated/α-hetero) is 1. The highest BCUT2D eigenvalue weighted by Gasteiger charge is 2.38. The summed E-state index contributed by atoms with van der Waals surface area (Å²) in [5.74, 6) is 0.726. The van der Waals surface area contributed by atoms with E-state index in [1.807, 2.05) is 18.3 Å². The lowest BCUT2D eigenvalue weighted by Gasteiger charge is -2.24. The third kappa shape index (κ3) is 7.87. The third-order valence-corrected chi connectivity index (χ3v) is 12.2. The van der Waals surface area contributed by atoms with Gasteiger partial charge >= 0.3 is 0 Å². The number of aliphatic imine (C=N–C) groups is 1. The van der Waals surface area contributed by atoms with Crippen molar-refractivity contribution in [3.8, 4) is 39.3 Å². The van der Waals surface area contributed by atoms with Gasteiger partial charge in [0.2, 0.25) is 6.43 Å². The first kappa shape index (κ1) is 38.7. The van der Waals surface area contributed by atoms with Crippen molar-refractivity contribution in [1.82, 2.24) is 4.98 Å². The van der Waals surface area contributed by atoms with E-state index in [1.165, 1.54) is 22.1 Å². The second-order valence-corrected chi connectivity index (χ2v) is 16.6. The first-order chi connectivity index (χ1) is 28.9. The van der Waals surface area contributed by atoms with Crippen LogP contribution in [0, 0.1) is 11.8 Å². The molecule has 0 saturated heterocycles. The van der Waals surface area contributed by atoms with E-state index in [2.05, 4.69) is 121 Å². The number of aromatic nitrogens is 1. The Bertz CT molecular complexity index is 2670. The number of carbonyl (C=O) groups excluding carboxylic acids is 1. The molecule has 1 saturated carbocycles. The van der Waals surface area contributed by atoms with E-state index < -0.39 is 12.3 Å². The van der Waals surface area contributed by atoms with Crippen molar-refractivity contribution in [2.24, 2.45) is 16.8 Å². The Morgan fingerprint density at radius 2 is 1.53 bits per heavy atom. The van der Waals surface area contributed by atoms with Gasteiger partial charge in [-0.3, -0.25) is 9.79 Å². The van der Waals surface area contributed by atoms with Gasteiger partial charge in [0.05, 0.1) is 29.6 Å². The highest BCUT2D eigenvalue weighted by Crippen LogP contribution is 2.44. The van der Waals surface area contributed by atoms with Gasteiger partial charge in [-0.05, 0) is 106 Å². The largest absolute Gasteiger partial charge is 0.494 e. The van der Waals surface area contributed by atoms with Crippen LogP contribution in [0.2, 0.25) is 0 Å². The minimum atomic E-state index is -2.18. The van der Waals surface area contributed by atoms with Crippen LogP contribution in [0.5, 0.6) is 5.75 Å². The van der Waals surface area contributed by atoms with Crippen LogP contribution in [0.4, 0.5) is 20.2 Å². The number of aromatic amines is 1. The minimum Gasteiger partial charge on any atom is -0.494 e. The topological polar surface area (TPSA) is 57.7 Å². The monoisotopic (exact) mass is 787 g/mol. The fourth-order valence-electron chi connectivity index (χ4n) is 9.10. The number of halogens is 2. The molecular weight excluding hydrogens is 737 g/mol. The summed E-state index contributed by atoms with van der Waals surface area (Å²) in [6.45, 7) is 0.650. The second kappa shape index (κ2) is 16.8. The van der Waals surface area contributed by atoms with E-state index in [0.717, 1.165) is 118 Å². The molecule has 1 aliphatic heterocycles. The predicted octanol–water partition coefficient (Wildman–Crippen LogP) is 11.7. The van der Waals surface area contributed by atoms with Crippen molar-refractivity contribution in [2.45, 2.75) is 70.6 Å². The first-order valence-corrected chi connectivity index (χ1v) is 21.4. The van der Waals surface area contributed by atoms with Gasteiger partial charge in [-0.25, -0.2) is 8.78 Å². The quantitative estimate of drug-likeness (QED) is 0.0993. The van der Waals surface area contributed by atoms with Gasteiger partial charge in [0.15, 0.2) is 0 Å². The van der Waals surface area contributed by atoms with Crippen LogP contribution in [0.3, 0.4) is 0 Å². The van der Waals surface area contributed by atoms with E-state index >= 15 is 0 Å². The number of unbranched alkanes of at least 4 members (excludes halogenated alkanes) is 6. The van der Waals surface area contributed by atoms with Crippen molar-refractivity contribution in [1.29, 1.82) is 0 Å². The van der Waals surface area contributed by atoms with Gasteiger partial charge < -0.3 is 14.6 Å². The van der Waals surface area contributed by atoms with Crippen molar-refractivity contribution < 1.29 is 18.3 Å². The number of rotatable bonds is 16. The predicted molar refractivity (Wildman–Crippen MR) is 239 cm³/mol. The van der Waals surface area contributed by atoms with Gasteiger partial charge in [0, 0.05) is 54.7 Å². The number of hydrogen-bond donors (Lipinski definition) is 1. The highest BCUT2D eigenvalue weighted by atomic mass is 19.3. The van der Waals surface area contributed by atoms with Crippen molar-refractivity contribution >= 4 is 45.9 Å². The summed E-state index contributed by atoms with van der Waals surface area (Å²) >= 11 is 0. The summed E-state index contributed by atoms with van der Waals surface area (Å²) in [5, 5.41) is 3.38. The number of ether oxygens (including phenoxy) is 1. The number of anilines is 1. The summed E-state index contributed by atoms with van der Waals surface area (Å²) in [6, 6.07) is 36.3. The number of benzene rings is 5. The van der Waals surface area contributed by atoms with Gasteiger partial charge in [0.25, 0.3) is 0 Å². The number of alkyl halides is 2. The van der Waals surface area contributed by atoms with Gasteiger partial charge in [-0.1, -0.05) is 105 Å². The van der Waals surface area contributed by atoms with E-state index in [-0.39, 0.29) is 18.1 Å². The van der Waals surface area contributed by atoms with Crippen LogP contribution in [-0.2, 0) is 4.79 Å². The van der Waals surface area contributed by atoms with Gasteiger partial charge in [0.1, 0.15) is 11.5 Å². The zero-order chi connectivity index (χ0) is 40.5. The van der Waals surface area contributed by atoms with Crippen molar-refractivity contribution in [3.63, 3.8) is 0 Å². The molecule has 1 unspecified atom stereocenters. The van der Waals surface area contributed by atoms with Crippen LogP contribution in [0.1, 0.15) is 75.3 Å². The van der Waals surface area contributed by atoms with Crippen LogP contribution < -0.4 is 20.1 Å². The Morgan fingerprint density at radius 3 is 2.31 bits per heavy atom. The fourth-order valence-corrected chi connectivity index (χ4v) is 9.10. The number of ketones is 1. The first-order valence-electron chi connectivity index (χ1n) is 21.4.